The number of hydrogen-bond acceptors (Lipinski definition) is 4. The van der Waals surface area contributed by atoms with Crippen LogP contribution in [0.2, 0.25) is 0 Å². The zero-order valence-corrected chi connectivity index (χ0v) is 8.31. The van der Waals surface area contributed by atoms with Crippen molar-refractivity contribution in [3.8, 4) is 0 Å². The van der Waals surface area contributed by atoms with Gasteiger partial charge >= 0.3 is 0 Å². The Morgan fingerprint density at radius 2 is 2.60 bits per heavy atom. The Balaban J connectivity index is 2.18. The van der Waals surface area contributed by atoms with Gasteiger partial charge in [0, 0.05) is 6.54 Å². The van der Waals surface area contributed by atoms with E-state index in [1.165, 1.54) is 6.20 Å². The Morgan fingerprint density at radius 3 is 3.20 bits per heavy atom. The predicted octanol–water partition coefficient (Wildman–Crippen LogP) is -0.411. The highest BCUT2D eigenvalue weighted by atomic mass is 16.3. The maximum atomic E-state index is 12.0. The van der Waals surface area contributed by atoms with Crippen LogP contribution in [-0.2, 0) is 0 Å². The van der Waals surface area contributed by atoms with Crippen molar-refractivity contribution in [2.75, 3.05) is 18.9 Å². The lowest BCUT2D eigenvalue weighted by Crippen LogP contribution is -2.38. The number of aliphatic hydroxyl groups excluding tert-OH is 1. The highest BCUT2D eigenvalue weighted by Gasteiger charge is 2.30. The molecule has 1 saturated heterocycles. The fraction of sp³-hybridized carbons (Fsp3) is 0.556. The van der Waals surface area contributed by atoms with E-state index in [2.05, 4.69) is 10.2 Å². The minimum atomic E-state index is -0.179. The van der Waals surface area contributed by atoms with Gasteiger partial charge in [0.05, 0.1) is 24.5 Å². The molecule has 2 heterocycles. The summed E-state index contributed by atoms with van der Waals surface area (Å²) >= 11 is 0. The van der Waals surface area contributed by atoms with Gasteiger partial charge in [0.1, 0.15) is 5.69 Å². The minimum Gasteiger partial charge on any atom is -0.396 e. The van der Waals surface area contributed by atoms with Gasteiger partial charge < -0.3 is 15.7 Å². The third kappa shape index (κ3) is 1.68. The van der Waals surface area contributed by atoms with E-state index < -0.39 is 0 Å². The first-order valence-electron chi connectivity index (χ1n) is 4.94. The number of anilines is 1. The van der Waals surface area contributed by atoms with Crippen LogP contribution in [-0.4, -0.2) is 45.3 Å². The molecule has 6 heteroatoms. The molecule has 1 aliphatic rings. The van der Waals surface area contributed by atoms with Gasteiger partial charge in [-0.15, -0.1) is 0 Å². The Labute approximate surface area is 87.1 Å². The summed E-state index contributed by atoms with van der Waals surface area (Å²) in [5, 5.41) is 15.4. The second-order valence-corrected chi connectivity index (χ2v) is 3.68. The number of carbonyl (C=O) groups excluding carboxylic acids is 1. The van der Waals surface area contributed by atoms with E-state index >= 15 is 0 Å². The van der Waals surface area contributed by atoms with Crippen molar-refractivity contribution >= 4 is 11.6 Å². The summed E-state index contributed by atoms with van der Waals surface area (Å²) in [6.07, 6.45) is 3.18. The molecule has 0 unspecified atom stereocenters. The van der Waals surface area contributed by atoms with Crippen molar-refractivity contribution in [2.24, 2.45) is 0 Å². The molecule has 6 nitrogen and oxygen atoms in total. The van der Waals surface area contributed by atoms with Crippen LogP contribution in [0.15, 0.2) is 6.20 Å². The first-order chi connectivity index (χ1) is 7.24. The molecule has 1 aliphatic heterocycles. The summed E-state index contributed by atoms with van der Waals surface area (Å²) in [6, 6.07) is -0.0831. The summed E-state index contributed by atoms with van der Waals surface area (Å²) in [5.41, 5.74) is 6.26. The lowest BCUT2D eigenvalue weighted by atomic mass is 10.2. The molecule has 0 spiro atoms. The zero-order valence-electron chi connectivity index (χ0n) is 8.31. The SMILES string of the molecule is Nc1cn[nH]c1C(=O)N1CCC[C@H]1CO. The Bertz CT molecular complexity index is 363. The van der Waals surface area contributed by atoms with Crippen LogP contribution in [0.5, 0.6) is 0 Å². The number of hydrogen-bond donors (Lipinski definition) is 3. The normalized spacial score (nSPS) is 20.9. The van der Waals surface area contributed by atoms with Crippen molar-refractivity contribution in [3.63, 3.8) is 0 Å². The topological polar surface area (TPSA) is 95.2 Å². The first kappa shape index (κ1) is 9.97. The molecule has 1 fully saturated rings. The van der Waals surface area contributed by atoms with E-state index in [0.29, 0.717) is 17.9 Å². The van der Waals surface area contributed by atoms with Gasteiger partial charge in [0.2, 0.25) is 0 Å². The van der Waals surface area contributed by atoms with Crippen LogP contribution in [0.4, 0.5) is 5.69 Å². The fourth-order valence-corrected chi connectivity index (χ4v) is 1.90. The summed E-state index contributed by atoms with van der Waals surface area (Å²) in [7, 11) is 0. The van der Waals surface area contributed by atoms with Crippen LogP contribution in [0, 0.1) is 0 Å². The van der Waals surface area contributed by atoms with Gasteiger partial charge in [-0.1, -0.05) is 0 Å². The van der Waals surface area contributed by atoms with E-state index in [4.69, 9.17) is 10.8 Å². The molecule has 1 amide bonds. The van der Waals surface area contributed by atoms with Crippen molar-refractivity contribution in [1.29, 1.82) is 0 Å². The number of likely N-dealkylation sites (tertiary alicyclic amines) is 1. The van der Waals surface area contributed by atoms with Gasteiger partial charge in [0.15, 0.2) is 0 Å². The number of aromatic nitrogens is 2. The largest absolute Gasteiger partial charge is 0.396 e. The van der Waals surface area contributed by atoms with Gasteiger partial charge in [-0.05, 0) is 12.8 Å². The summed E-state index contributed by atoms with van der Waals surface area (Å²) in [4.78, 5) is 13.6. The van der Waals surface area contributed by atoms with Crippen molar-refractivity contribution in [2.45, 2.75) is 18.9 Å². The van der Waals surface area contributed by atoms with Crippen molar-refractivity contribution in [1.82, 2.24) is 15.1 Å². The van der Waals surface area contributed by atoms with E-state index in [9.17, 15) is 4.79 Å². The average Bonchev–Trinajstić information content (AvgIpc) is 2.84. The maximum absolute atomic E-state index is 12.0. The molecular formula is C9H14N4O2. The molecule has 0 radical (unpaired) electrons. The van der Waals surface area contributed by atoms with E-state index in [1.807, 2.05) is 0 Å². The standard InChI is InChI=1S/C9H14N4O2/c10-7-4-11-12-8(7)9(15)13-3-1-2-6(13)5-14/h4,6,14H,1-3,5,10H2,(H,11,12)/t6-/m0/s1. The monoisotopic (exact) mass is 210 g/mol. The van der Waals surface area contributed by atoms with Crippen molar-refractivity contribution < 1.29 is 9.90 Å². The number of aliphatic hydroxyl groups is 1. The first-order valence-corrected chi connectivity index (χ1v) is 4.94. The highest BCUT2D eigenvalue weighted by molar-refractivity contribution is 5.97. The molecule has 2 rings (SSSR count). The number of rotatable bonds is 2. The molecule has 0 aromatic carbocycles. The molecule has 0 bridgehead atoms. The second kappa shape index (κ2) is 3.90. The molecule has 1 aromatic heterocycles. The summed E-state index contributed by atoms with van der Waals surface area (Å²) < 4.78 is 0. The number of H-pyrrole nitrogens is 1. The van der Waals surface area contributed by atoms with Crippen LogP contribution >= 0.6 is 0 Å². The fourth-order valence-electron chi connectivity index (χ4n) is 1.90. The van der Waals surface area contributed by atoms with Gasteiger partial charge in [-0.25, -0.2) is 0 Å². The van der Waals surface area contributed by atoms with Gasteiger partial charge in [0.25, 0.3) is 5.91 Å². The zero-order chi connectivity index (χ0) is 10.8. The molecule has 1 atom stereocenters. The third-order valence-corrected chi connectivity index (χ3v) is 2.73. The molecule has 0 aliphatic carbocycles. The second-order valence-electron chi connectivity index (χ2n) is 3.68. The number of carbonyl (C=O) groups is 1. The maximum Gasteiger partial charge on any atom is 0.274 e. The van der Waals surface area contributed by atoms with Crippen molar-refractivity contribution in [3.05, 3.63) is 11.9 Å². The smallest absolute Gasteiger partial charge is 0.274 e. The molecule has 82 valence electrons. The van der Waals surface area contributed by atoms with E-state index in [0.717, 1.165) is 12.8 Å². The number of nitrogen functional groups attached to an aromatic ring is 1. The number of nitrogens with one attached hydrogen (secondary N) is 1. The Kier molecular flexibility index (Phi) is 2.59. The highest BCUT2D eigenvalue weighted by Crippen LogP contribution is 2.20. The lowest BCUT2D eigenvalue weighted by molar-refractivity contribution is 0.0673. The average molecular weight is 210 g/mol. The summed E-state index contributed by atoms with van der Waals surface area (Å²) in [6.45, 7) is 0.669. The van der Waals surface area contributed by atoms with Crippen LogP contribution in [0.3, 0.4) is 0 Å². The molecule has 1 aromatic rings. The number of aromatic amines is 1. The third-order valence-electron chi connectivity index (χ3n) is 2.73. The minimum absolute atomic E-state index is 0.000216. The lowest BCUT2D eigenvalue weighted by Gasteiger charge is -2.22. The number of nitrogens with zero attached hydrogens (tertiary/aromatic N) is 2. The van der Waals surface area contributed by atoms with E-state index in [-0.39, 0.29) is 18.6 Å². The molecule has 4 N–H and O–H groups in total. The van der Waals surface area contributed by atoms with Crippen LogP contribution in [0.1, 0.15) is 23.3 Å². The Hall–Kier alpha value is -1.56. The molecule has 15 heavy (non-hydrogen) atoms. The van der Waals surface area contributed by atoms with E-state index in [1.54, 1.807) is 4.90 Å². The van der Waals surface area contributed by atoms with Gasteiger partial charge in [-0.2, -0.15) is 5.10 Å². The molecular weight excluding hydrogens is 196 g/mol. The van der Waals surface area contributed by atoms with Crippen LogP contribution < -0.4 is 5.73 Å². The quantitative estimate of drug-likeness (QED) is 0.618. The Morgan fingerprint density at radius 1 is 1.80 bits per heavy atom. The van der Waals surface area contributed by atoms with Gasteiger partial charge in [-0.3, -0.25) is 9.89 Å². The molecule has 0 saturated carbocycles. The predicted molar refractivity (Wildman–Crippen MR) is 54.1 cm³/mol. The number of nitrogens with two attached hydrogens (primary N) is 1. The summed E-state index contributed by atoms with van der Waals surface area (Å²) in [5.74, 6) is -0.179. The number of amides is 1. The van der Waals surface area contributed by atoms with Crippen LogP contribution in [0.25, 0.3) is 0 Å².